The van der Waals surface area contributed by atoms with Crippen LogP contribution in [0.3, 0.4) is 0 Å². The molecule has 0 aromatic carbocycles. The maximum absolute atomic E-state index is 11.4. The zero-order valence-corrected chi connectivity index (χ0v) is 10.9. The van der Waals surface area contributed by atoms with Crippen LogP contribution in [0.5, 0.6) is 0 Å². The molecule has 0 aliphatic carbocycles. The summed E-state index contributed by atoms with van der Waals surface area (Å²) in [6.45, 7) is 3.05. The fourth-order valence-electron chi connectivity index (χ4n) is 1.22. The van der Waals surface area contributed by atoms with Gasteiger partial charge in [-0.05, 0) is 6.92 Å². The minimum atomic E-state index is -0.143. The molecule has 1 rings (SSSR count). The second-order valence-corrected chi connectivity index (χ2v) is 3.69. The summed E-state index contributed by atoms with van der Waals surface area (Å²) in [5, 5.41) is 6.84. The number of halogens is 1. The number of anilines is 1. The van der Waals surface area contributed by atoms with Crippen molar-refractivity contribution >= 4 is 24.1 Å². The molecule has 7 heteroatoms. The molecule has 6 nitrogen and oxygen atoms in total. The van der Waals surface area contributed by atoms with Gasteiger partial charge in [-0.3, -0.25) is 9.48 Å². The van der Waals surface area contributed by atoms with E-state index in [0.29, 0.717) is 25.4 Å². The van der Waals surface area contributed by atoms with E-state index in [1.807, 2.05) is 0 Å². The Bertz CT molecular complexity index is 341. The Hall–Kier alpha value is -1.11. The minimum absolute atomic E-state index is 0. The van der Waals surface area contributed by atoms with Crippen LogP contribution < -0.4 is 11.1 Å². The molecule has 1 aromatic rings. The first kappa shape index (κ1) is 15.9. The molecular weight excluding hydrogens is 244 g/mol. The number of amides is 1. The Morgan fingerprint density at radius 1 is 1.71 bits per heavy atom. The molecule has 1 aromatic heterocycles. The van der Waals surface area contributed by atoms with Crippen LogP contribution in [-0.2, 0) is 16.1 Å². The van der Waals surface area contributed by atoms with Crippen molar-refractivity contribution in [2.75, 3.05) is 19.0 Å². The van der Waals surface area contributed by atoms with Crippen LogP contribution in [0.1, 0.15) is 13.3 Å². The molecule has 17 heavy (non-hydrogen) atoms. The number of carbonyl (C=O) groups excluding carboxylic acids is 1. The summed E-state index contributed by atoms with van der Waals surface area (Å²) in [4.78, 5) is 11.4. The molecule has 1 heterocycles. The van der Waals surface area contributed by atoms with Gasteiger partial charge in [0, 0.05) is 31.8 Å². The van der Waals surface area contributed by atoms with Crippen LogP contribution in [-0.4, -0.2) is 35.4 Å². The van der Waals surface area contributed by atoms with Gasteiger partial charge in [0.2, 0.25) is 5.91 Å². The van der Waals surface area contributed by atoms with Gasteiger partial charge in [0.1, 0.15) is 0 Å². The first-order valence-corrected chi connectivity index (χ1v) is 5.19. The average molecular weight is 263 g/mol. The number of nitrogens with two attached hydrogens (primary N) is 1. The predicted octanol–water partition coefficient (Wildman–Crippen LogP) is 0.627. The molecule has 0 saturated carbocycles. The third-order valence-corrected chi connectivity index (χ3v) is 1.94. The SMILES string of the molecule is COCCn1ccc(NC(=O)CC(C)N)n1.Cl. The lowest BCUT2D eigenvalue weighted by Crippen LogP contribution is -2.24. The smallest absolute Gasteiger partial charge is 0.227 e. The van der Waals surface area contributed by atoms with Crippen molar-refractivity contribution in [3.05, 3.63) is 12.3 Å². The van der Waals surface area contributed by atoms with Crippen LogP contribution in [0.25, 0.3) is 0 Å². The van der Waals surface area contributed by atoms with E-state index in [4.69, 9.17) is 10.5 Å². The van der Waals surface area contributed by atoms with E-state index < -0.39 is 0 Å². The molecule has 0 spiro atoms. The van der Waals surface area contributed by atoms with Gasteiger partial charge >= 0.3 is 0 Å². The van der Waals surface area contributed by atoms with Crippen molar-refractivity contribution in [2.45, 2.75) is 25.9 Å². The molecule has 1 unspecified atom stereocenters. The second kappa shape index (κ2) is 8.05. The summed E-state index contributed by atoms with van der Waals surface area (Å²) in [5.41, 5.74) is 5.51. The Kier molecular flexibility index (Phi) is 7.53. The normalized spacial score (nSPS) is 11.7. The number of nitrogens with one attached hydrogen (secondary N) is 1. The summed E-state index contributed by atoms with van der Waals surface area (Å²) < 4.78 is 6.64. The number of aromatic nitrogens is 2. The van der Waals surface area contributed by atoms with E-state index >= 15 is 0 Å². The van der Waals surface area contributed by atoms with Gasteiger partial charge in [0.05, 0.1) is 13.2 Å². The number of rotatable bonds is 6. The van der Waals surface area contributed by atoms with Gasteiger partial charge in [0.25, 0.3) is 0 Å². The van der Waals surface area contributed by atoms with Crippen molar-refractivity contribution in [1.29, 1.82) is 0 Å². The first-order valence-electron chi connectivity index (χ1n) is 5.19. The minimum Gasteiger partial charge on any atom is -0.383 e. The van der Waals surface area contributed by atoms with Gasteiger partial charge in [-0.25, -0.2) is 0 Å². The number of methoxy groups -OCH3 is 1. The number of hydrogen-bond donors (Lipinski definition) is 2. The number of hydrogen-bond acceptors (Lipinski definition) is 4. The Morgan fingerprint density at radius 3 is 3.00 bits per heavy atom. The average Bonchev–Trinajstić information content (AvgIpc) is 2.61. The Balaban J connectivity index is 0.00000256. The van der Waals surface area contributed by atoms with Crippen molar-refractivity contribution < 1.29 is 9.53 Å². The Labute approximate surface area is 107 Å². The Morgan fingerprint density at radius 2 is 2.41 bits per heavy atom. The fourth-order valence-corrected chi connectivity index (χ4v) is 1.22. The summed E-state index contributed by atoms with van der Waals surface area (Å²) in [5.74, 6) is 0.425. The van der Waals surface area contributed by atoms with E-state index in [1.165, 1.54) is 0 Å². The van der Waals surface area contributed by atoms with Gasteiger partial charge in [-0.2, -0.15) is 5.10 Å². The molecule has 0 aliphatic rings. The van der Waals surface area contributed by atoms with E-state index in [9.17, 15) is 4.79 Å². The quantitative estimate of drug-likeness (QED) is 0.788. The third-order valence-electron chi connectivity index (χ3n) is 1.94. The molecule has 0 aliphatic heterocycles. The molecular formula is C10H19ClN4O2. The van der Waals surface area contributed by atoms with E-state index in [1.54, 1.807) is 31.0 Å². The molecule has 0 fully saturated rings. The number of ether oxygens (including phenoxy) is 1. The highest BCUT2D eigenvalue weighted by Gasteiger charge is 2.07. The van der Waals surface area contributed by atoms with Gasteiger partial charge in [0.15, 0.2) is 5.82 Å². The van der Waals surface area contributed by atoms with Crippen LogP contribution in [0, 0.1) is 0 Å². The molecule has 0 radical (unpaired) electrons. The third kappa shape index (κ3) is 6.25. The van der Waals surface area contributed by atoms with E-state index in [2.05, 4.69) is 10.4 Å². The lowest BCUT2D eigenvalue weighted by molar-refractivity contribution is -0.116. The van der Waals surface area contributed by atoms with Crippen LogP contribution in [0.4, 0.5) is 5.82 Å². The molecule has 1 atom stereocenters. The lowest BCUT2D eigenvalue weighted by Gasteiger charge is -2.04. The van der Waals surface area contributed by atoms with Crippen LogP contribution in [0.15, 0.2) is 12.3 Å². The monoisotopic (exact) mass is 262 g/mol. The highest BCUT2D eigenvalue weighted by atomic mass is 35.5. The van der Waals surface area contributed by atoms with E-state index in [0.717, 1.165) is 0 Å². The second-order valence-electron chi connectivity index (χ2n) is 3.69. The van der Waals surface area contributed by atoms with Gasteiger partial charge in [-0.1, -0.05) is 0 Å². The maximum Gasteiger partial charge on any atom is 0.227 e. The van der Waals surface area contributed by atoms with Crippen molar-refractivity contribution in [3.63, 3.8) is 0 Å². The fraction of sp³-hybridized carbons (Fsp3) is 0.600. The van der Waals surface area contributed by atoms with Gasteiger partial charge in [-0.15, -0.1) is 12.4 Å². The standard InChI is InChI=1S/C10H18N4O2.ClH/c1-8(11)7-10(15)12-9-3-4-14(13-9)5-6-16-2;/h3-4,8H,5-7,11H2,1-2H3,(H,12,13,15);1H. The topological polar surface area (TPSA) is 82.2 Å². The van der Waals surface area contributed by atoms with Crippen molar-refractivity contribution in [2.24, 2.45) is 5.73 Å². The predicted molar refractivity (Wildman–Crippen MR) is 68.2 cm³/mol. The molecule has 1 amide bonds. The number of carbonyl (C=O) groups is 1. The van der Waals surface area contributed by atoms with E-state index in [-0.39, 0.29) is 24.4 Å². The summed E-state index contributed by atoms with van der Waals surface area (Å²) in [7, 11) is 1.63. The molecule has 98 valence electrons. The van der Waals surface area contributed by atoms with Gasteiger partial charge < -0.3 is 15.8 Å². The maximum atomic E-state index is 11.4. The lowest BCUT2D eigenvalue weighted by atomic mass is 10.2. The zero-order chi connectivity index (χ0) is 12.0. The summed E-state index contributed by atoms with van der Waals surface area (Å²) in [6.07, 6.45) is 2.09. The first-order chi connectivity index (χ1) is 7.61. The zero-order valence-electron chi connectivity index (χ0n) is 10.0. The molecule has 3 N–H and O–H groups in total. The highest BCUT2D eigenvalue weighted by Crippen LogP contribution is 2.03. The molecule has 0 bridgehead atoms. The number of nitrogens with zero attached hydrogens (tertiary/aromatic N) is 2. The largest absolute Gasteiger partial charge is 0.383 e. The van der Waals surface area contributed by atoms with Crippen LogP contribution in [0.2, 0.25) is 0 Å². The van der Waals surface area contributed by atoms with Crippen molar-refractivity contribution in [3.8, 4) is 0 Å². The van der Waals surface area contributed by atoms with Crippen molar-refractivity contribution in [1.82, 2.24) is 9.78 Å². The highest BCUT2D eigenvalue weighted by molar-refractivity contribution is 5.90. The molecule has 0 saturated heterocycles. The summed E-state index contributed by atoms with van der Waals surface area (Å²) in [6, 6.07) is 1.60. The van der Waals surface area contributed by atoms with Crippen LogP contribution >= 0.6 is 12.4 Å². The summed E-state index contributed by atoms with van der Waals surface area (Å²) >= 11 is 0.